The molecule has 0 fully saturated rings. The molecule has 2 aromatic rings. The number of amides is 4. The summed E-state index contributed by atoms with van der Waals surface area (Å²) in [5.41, 5.74) is -0.923. The summed E-state index contributed by atoms with van der Waals surface area (Å²) in [6.07, 6.45) is -3.78. The quantitative estimate of drug-likeness (QED) is 0.206. The van der Waals surface area contributed by atoms with Crippen LogP contribution in [0.3, 0.4) is 0 Å². The predicted molar refractivity (Wildman–Crippen MR) is 161 cm³/mol. The van der Waals surface area contributed by atoms with Crippen molar-refractivity contribution in [3.63, 3.8) is 0 Å². The summed E-state index contributed by atoms with van der Waals surface area (Å²) in [6, 6.07) is 6.13. The molecule has 0 radical (unpaired) electrons. The number of carbonyl (C=O) groups excluding carboxylic acids is 6. The van der Waals surface area contributed by atoms with E-state index in [1.165, 1.54) is 24.3 Å². The van der Waals surface area contributed by atoms with E-state index in [2.05, 4.69) is 21.3 Å². The van der Waals surface area contributed by atoms with Crippen LogP contribution in [-0.2, 0) is 9.78 Å². The molecule has 250 valence electrons. The van der Waals surface area contributed by atoms with Gasteiger partial charge < -0.3 is 40.2 Å². The lowest BCUT2D eigenvalue weighted by molar-refractivity contribution is -0.187. The van der Waals surface area contributed by atoms with E-state index in [0.29, 0.717) is 0 Å². The van der Waals surface area contributed by atoms with E-state index in [1.54, 1.807) is 55.4 Å². The monoisotopic (exact) mass is 646 g/mol. The predicted octanol–water partition coefficient (Wildman–Crippen LogP) is 4.60. The Kier molecular flexibility index (Phi) is 13.6. The van der Waals surface area contributed by atoms with E-state index in [1.807, 2.05) is 0 Å². The number of hydrogen-bond donors (Lipinski definition) is 4. The summed E-state index contributed by atoms with van der Waals surface area (Å²) in [4.78, 5) is 85.0. The van der Waals surface area contributed by atoms with E-state index < -0.39 is 58.9 Å². The highest BCUT2D eigenvalue weighted by Crippen LogP contribution is 2.34. The van der Waals surface area contributed by atoms with Gasteiger partial charge in [-0.1, -0.05) is 12.1 Å². The largest absolute Gasteiger partial charge is 0.412 e. The summed E-state index contributed by atoms with van der Waals surface area (Å²) in [7, 11) is 0. The molecule has 0 bridgehead atoms. The van der Waals surface area contributed by atoms with Crippen LogP contribution in [-0.4, -0.2) is 60.5 Å². The highest BCUT2D eigenvalue weighted by Gasteiger charge is 2.28. The van der Waals surface area contributed by atoms with Crippen LogP contribution in [0.4, 0.5) is 19.2 Å². The number of benzene rings is 2. The van der Waals surface area contributed by atoms with E-state index in [9.17, 15) is 28.8 Å². The summed E-state index contributed by atoms with van der Waals surface area (Å²) in [5, 5.41) is 9.90. The molecule has 46 heavy (non-hydrogen) atoms. The van der Waals surface area contributed by atoms with Crippen molar-refractivity contribution < 1.29 is 57.5 Å². The van der Waals surface area contributed by atoms with E-state index in [-0.39, 0.29) is 35.7 Å². The second-order valence-corrected chi connectivity index (χ2v) is 10.8. The first-order valence-corrected chi connectivity index (χ1v) is 14.2. The van der Waals surface area contributed by atoms with Crippen LogP contribution >= 0.6 is 0 Å². The van der Waals surface area contributed by atoms with Gasteiger partial charge in [0.1, 0.15) is 11.1 Å². The molecule has 16 heteroatoms. The van der Waals surface area contributed by atoms with Crippen molar-refractivity contribution in [2.45, 2.75) is 79.6 Å². The van der Waals surface area contributed by atoms with Crippen LogP contribution in [0.25, 0.3) is 0 Å². The highest BCUT2D eigenvalue weighted by atomic mass is 17.2. The molecule has 0 saturated carbocycles. The third-order valence-electron chi connectivity index (χ3n) is 5.01. The zero-order valence-electron chi connectivity index (χ0n) is 26.7. The van der Waals surface area contributed by atoms with Crippen molar-refractivity contribution >= 4 is 36.3 Å². The molecule has 0 heterocycles. The van der Waals surface area contributed by atoms with Crippen molar-refractivity contribution in [2.24, 2.45) is 0 Å². The standard InChI is InChI=1S/C30H38N4O12/c1-15(2)31-27(37)41-21-13-9-11-19(23(21)43-29(39)33-17(5)6)25(35)45-46-26(36)20-12-10-14-22(42-28(38)32-16(3)4)24(20)44-30(40)34-18(7)8/h9-18H,1-8H3,(H,31,37)(H,32,38)(H,33,39)(H,34,40). The van der Waals surface area contributed by atoms with Gasteiger partial charge in [0.2, 0.25) is 0 Å². The molecule has 0 spiro atoms. The Balaban J connectivity index is 2.39. The molecule has 0 aliphatic heterocycles. The van der Waals surface area contributed by atoms with Gasteiger partial charge in [0.15, 0.2) is 23.0 Å². The summed E-state index contributed by atoms with van der Waals surface area (Å²) in [5.74, 6) is -4.34. The Morgan fingerprint density at radius 2 is 0.739 bits per heavy atom. The number of para-hydroxylation sites is 2. The minimum atomic E-state index is -1.33. The zero-order valence-corrected chi connectivity index (χ0v) is 26.7. The summed E-state index contributed by atoms with van der Waals surface area (Å²) < 4.78 is 21.0. The van der Waals surface area contributed by atoms with E-state index >= 15 is 0 Å². The molecule has 0 aliphatic rings. The zero-order chi connectivity index (χ0) is 34.6. The van der Waals surface area contributed by atoms with Crippen molar-refractivity contribution in [1.82, 2.24) is 21.3 Å². The topological polar surface area (TPSA) is 206 Å². The molecule has 0 unspecified atom stereocenters. The van der Waals surface area contributed by atoms with Crippen molar-refractivity contribution in [1.29, 1.82) is 0 Å². The average Bonchev–Trinajstić information content (AvgIpc) is 2.91. The van der Waals surface area contributed by atoms with Crippen molar-refractivity contribution in [3.05, 3.63) is 47.5 Å². The first kappa shape index (κ1) is 36.7. The van der Waals surface area contributed by atoms with Crippen LogP contribution in [0, 0.1) is 0 Å². The molecular formula is C30H38N4O12. The molecule has 4 N–H and O–H groups in total. The van der Waals surface area contributed by atoms with Gasteiger partial charge >= 0.3 is 36.3 Å². The Labute approximate surface area is 265 Å². The van der Waals surface area contributed by atoms with Crippen LogP contribution in [0.15, 0.2) is 36.4 Å². The maximum atomic E-state index is 13.1. The Morgan fingerprint density at radius 1 is 0.457 bits per heavy atom. The van der Waals surface area contributed by atoms with Gasteiger partial charge in [-0.3, -0.25) is 0 Å². The molecule has 4 amide bonds. The van der Waals surface area contributed by atoms with Gasteiger partial charge in [0.25, 0.3) is 0 Å². The average molecular weight is 647 g/mol. The van der Waals surface area contributed by atoms with Gasteiger partial charge in [-0.05, 0) is 79.7 Å². The maximum Gasteiger partial charge on any atom is 0.412 e. The SMILES string of the molecule is CC(C)NC(=O)Oc1cccc(C(=O)OOC(=O)c2cccc(OC(=O)NC(C)C)c2OC(=O)NC(C)C)c1OC(=O)NC(C)C. The van der Waals surface area contributed by atoms with E-state index in [4.69, 9.17) is 28.7 Å². The summed E-state index contributed by atoms with van der Waals surface area (Å²) in [6.45, 7) is 13.4. The molecular weight excluding hydrogens is 608 g/mol. The number of hydrogen-bond acceptors (Lipinski definition) is 12. The lowest BCUT2D eigenvalue weighted by Gasteiger charge is -2.16. The molecule has 2 rings (SSSR count). The molecule has 2 aromatic carbocycles. The molecule has 16 nitrogen and oxygen atoms in total. The molecule has 0 atom stereocenters. The lowest BCUT2D eigenvalue weighted by atomic mass is 10.2. The third-order valence-corrected chi connectivity index (χ3v) is 5.01. The normalized spacial score (nSPS) is 10.6. The lowest BCUT2D eigenvalue weighted by Crippen LogP contribution is -2.34. The number of ether oxygens (including phenoxy) is 4. The smallest absolute Gasteiger partial charge is 0.406 e. The maximum absolute atomic E-state index is 13.1. The van der Waals surface area contributed by atoms with Gasteiger partial charge in [-0.2, -0.15) is 0 Å². The second kappa shape index (κ2) is 17.1. The van der Waals surface area contributed by atoms with Crippen LogP contribution in [0.2, 0.25) is 0 Å². The first-order valence-electron chi connectivity index (χ1n) is 14.2. The fourth-order valence-corrected chi connectivity index (χ4v) is 3.34. The minimum Gasteiger partial charge on any atom is -0.406 e. The van der Waals surface area contributed by atoms with Gasteiger partial charge in [-0.15, -0.1) is 0 Å². The van der Waals surface area contributed by atoms with Gasteiger partial charge in [-0.25, -0.2) is 38.5 Å². The Hall–Kier alpha value is -5.54. The number of rotatable bonds is 10. The number of nitrogens with one attached hydrogen (secondary N) is 4. The molecule has 0 aromatic heterocycles. The fourth-order valence-electron chi connectivity index (χ4n) is 3.34. The molecule has 0 saturated heterocycles. The Bertz CT molecular complexity index is 1330. The minimum absolute atomic E-state index is 0.299. The van der Waals surface area contributed by atoms with Gasteiger partial charge in [0.05, 0.1) is 0 Å². The highest BCUT2D eigenvalue weighted by molar-refractivity contribution is 5.97. The van der Waals surface area contributed by atoms with Crippen molar-refractivity contribution in [2.75, 3.05) is 0 Å². The first-order chi connectivity index (χ1) is 21.6. The van der Waals surface area contributed by atoms with Crippen molar-refractivity contribution in [3.8, 4) is 23.0 Å². The number of carbonyl (C=O) groups is 6. The van der Waals surface area contributed by atoms with E-state index in [0.717, 1.165) is 12.1 Å². The summed E-state index contributed by atoms with van der Waals surface area (Å²) >= 11 is 0. The third kappa shape index (κ3) is 11.9. The molecule has 0 aliphatic carbocycles. The fraction of sp³-hybridized carbons (Fsp3) is 0.400. The van der Waals surface area contributed by atoms with Crippen LogP contribution in [0.5, 0.6) is 23.0 Å². The van der Waals surface area contributed by atoms with Crippen LogP contribution in [0.1, 0.15) is 76.1 Å². The Morgan fingerprint density at radius 3 is 1.02 bits per heavy atom. The van der Waals surface area contributed by atoms with Gasteiger partial charge in [0, 0.05) is 24.2 Å². The van der Waals surface area contributed by atoms with Crippen LogP contribution < -0.4 is 40.2 Å². The second-order valence-electron chi connectivity index (χ2n) is 10.8.